The van der Waals surface area contributed by atoms with Crippen LogP contribution in [0, 0.1) is 18.6 Å². The Labute approximate surface area is 117 Å². The lowest BCUT2D eigenvalue weighted by Gasteiger charge is -2.20. The summed E-state index contributed by atoms with van der Waals surface area (Å²) in [7, 11) is 0. The van der Waals surface area contributed by atoms with Crippen molar-refractivity contribution >= 4 is 0 Å². The first-order valence-electron chi connectivity index (χ1n) is 6.74. The maximum absolute atomic E-state index is 14.0. The number of nitrogens with zero attached hydrogens (tertiary/aromatic N) is 1. The molecule has 1 heterocycles. The Morgan fingerprint density at radius 1 is 1.10 bits per heavy atom. The molecule has 2 aromatic rings. The normalized spacial score (nSPS) is 12.4. The molecule has 0 bridgehead atoms. The minimum Gasteiger partial charge on any atom is -0.305 e. The third-order valence-electron chi connectivity index (χ3n) is 3.09. The maximum Gasteiger partial charge on any atom is 0.131 e. The van der Waals surface area contributed by atoms with Gasteiger partial charge in [0.05, 0.1) is 11.7 Å². The van der Waals surface area contributed by atoms with E-state index in [2.05, 4.69) is 10.3 Å². The van der Waals surface area contributed by atoms with E-state index in [1.165, 1.54) is 18.2 Å². The molecule has 0 saturated heterocycles. The van der Waals surface area contributed by atoms with Crippen molar-refractivity contribution in [3.63, 3.8) is 0 Å². The fourth-order valence-corrected chi connectivity index (χ4v) is 2.15. The molecule has 0 saturated carbocycles. The molecule has 1 unspecified atom stereocenters. The van der Waals surface area contributed by atoms with E-state index in [9.17, 15) is 8.78 Å². The minimum atomic E-state index is -0.573. The molecule has 1 N–H and O–H groups in total. The lowest BCUT2D eigenvalue weighted by atomic mass is 10.0. The molecule has 2 rings (SSSR count). The van der Waals surface area contributed by atoms with Crippen molar-refractivity contribution in [3.05, 3.63) is 65.0 Å². The summed E-state index contributed by atoms with van der Waals surface area (Å²) in [6, 6.07) is 8.83. The molecule has 1 aromatic heterocycles. The Kier molecular flexibility index (Phi) is 4.79. The molecule has 1 atom stereocenters. The maximum atomic E-state index is 14.0. The van der Waals surface area contributed by atoms with Crippen molar-refractivity contribution in [2.75, 3.05) is 6.54 Å². The molecule has 0 spiro atoms. The van der Waals surface area contributed by atoms with Crippen LogP contribution in [0.4, 0.5) is 8.78 Å². The van der Waals surface area contributed by atoms with Gasteiger partial charge in [0.1, 0.15) is 11.6 Å². The fraction of sp³-hybridized carbons (Fsp3) is 0.312. The van der Waals surface area contributed by atoms with Crippen LogP contribution in [0.5, 0.6) is 0 Å². The number of pyridine rings is 1. The van der Waals surface area contributed by atoms with E-state index in [-0.39, 0.29) is 5.56 Å². The topological polar surface area (TPSA) is 24.9 Å². The van der Waals surface area contributed by atoms with Crippen LogP contribution in [0.25, 0.3) is 0 Å². The largest absolute Gasteiger partial charge is 0.305 e. The Hall–Kier alpha value is -1.81. The van der Waals surface area contributed by atoms with Crippen LogP contribution in [0.3, 0.4) is 0 Å². The first kappa shape index (κ1) is 14.6. The highest BCUT2D eigenvalue weighted by Gasteiger charge is 2.22. The average Bonchev–Trinajstić information content (AvgIpc) is 2.42. The van der Waals surface area contributed by atoms with Gasteiger partial charge >= 0.3 is 0 Å². The predicted molar refractivity (Wildman–Crippen MR) is 75.5 cm³/mol. The number of aromatic nitrogens is 1. The molecule has 20 heavy (non-hydrogen) atoms. The standard InChI is InChI=1S/C16H18F2N2/c1-3-10-19-16(14-9-4-6-11(2)20-14)15-12(17)7-5-8-13(15)18/h4-9,16,19H,3,10H2,1-2H3. The van der Waals surface area contributed by atoms with Gasteiger partial charge in [-0.25, -0.2) is 8.78 Å². The number of halogens is 2. The molecule has 1 aromatic carbocycles. The highest BCUT2D eigenvalue weighted by Crippen LogP contribution is 2.26. The molecular weight excluding hydrogens is 258 g/mol. The number of benzene rings is 1. The van der Waals surface area contributed by atoms with Crippen LogP contribution >= 0.6 is 0 Å². The monoisotopic (exact) mass is 276 g/mol. The van der Waals surface area contributed by atoms with E-state index in [1.54, 1.807) is 6.07 Å². The van der Waals surface area contributed by atoms with Gasteiger partial charge in [-0.05, 0) is 44.2 Å². The summed E-state index contributed by atoms with van der Waals surface area (Å²) < 4.78 is 28.0. The zero-order valence-corrected chi connectivity index (χ0v) is 11.7. The zero-order chi connectivity index (χ0) is 14.5. The Bertz CT molecular complexity index is 564. The smallest absolute Gasteiger partial charge is 0.131 e. The second kappa shape index (κ2) is 6.57. The first-order valence-corrected chi connectivity index (χ1v) is 6.74. The molecule has 0 aliphatic carbocycles. The van der Waals surface area contributed by atoms with Gasteiger partial charge in [0.25, 0.3) is 0 Å². The van der Waals surface area contributed by atoms with Gasteiger partial charge in [-0.2, -0.15) is 0 Å². The summed E-state index contributed by atoms with van der Waals surface area (Å²) >= 11 is 0. The minimum absolute atomic E-state index is 0.0269. The Balaban J connectivity index is 2.47. The highest BCUT2D eigenvalue weighted by atomic mass is 19.1. The van der Waals surface area contributed by atoms with Crippen molar-refractivity contribution in [3.8, 4) is 0 Å². The van der Waals surface area contributed by atoms with E-state index in [1.807, 2.05) is 26.0 Å². The summed E-state index contributed by atoms with van der Waals surface area (Å²) in [6.45, 7) is 4.53. The van der Waals surface area contributed by atoms with Gasteiger partial charge in [-0.15, -0.1) is 0 Å². The van der Waals surface area contributed by atoms with Crippen LogP contribution in [0.2, 0.25) is 0 Å². The third-order valence-corrected chi connectivity index (χ3v) is 3.09. The van der Waals surface area contributed by atoms with Crippen molar-refractivity contribution in [1.29, 1.82) is 0 Å². The summed E-state index contributed by atoms with van der Waals surface area (Å²) in [5, 5.41) is 3.17. The van der Waals surface area contributed by atoms with Gasteiger partial charge in [-0.3, -0.25) is 4.98 Å². The summed E-state index contributed by atoms with van der Waals surface area (Å²) in [5.74, 6) is -1.11. The number of aryl methyl sites for hydroxylation is 1. The second-order valence-corrected chi connectivity index (χ2v) is 4.73. The van der Waals surface area contributed by atoms with Crippen LogP contribution in [-0.4, -0.2) is 11.5 Å². The Morgan fingerprint density at radius 2 is 1.75 bits per heavy atom. The van der Waals surface area contributed by atoms with Crippen molar-refractivity contribution < 1.29 is 8.78 Å². The van der Waals surface area contributed by atoms with Gasteiger partial charge < -0.3 is 5.32 Å². The molecule has 106 valence electrons. The molecule has 0 aliphatic rings. The van der Waals surface area contributed by atoms with E-state index < -0.39 is 17.7 Å². The molecule has 4 heteroatoms. The van der Waals surface area contributed by atoms with Gasteiger partial charge in [-0.1, -0.05) is 19.1 Å². The average molecular weight is 276 g/mol. The summed E-state index contributed by atoms with van der Waals surface area (Å²) in [6.07, 6.45) is 0.873. The van der Waals surface area contributed by atoms with E-state index in [0.29, 0.717) is 12.2 Å². The van der Waals surface area contributed by atoms with Crippen LogP contribution in [0.15, 0.2) is 36.4 Å². The first-order chi connectivity index (χ1) is 9.63. The third kappa shape index (κ3) is 3.20. The molecule has 2 nitrogen and oxygen atoms in total. The van der Waals surface area contributed by atoms with Gasteiger partial charge in [0.2, 0.25) is 0 Å². The molecule has 0 fully saturated rings. The summed E-state index contributed by atoms with van der Waals surface area (Å²) in [4.78, 5) is 4.39. The summed E-state index contributed by atoms with van der Waals surface area (Å²) in [5.41, 5.74) is 1.48. The second-order valence-electron chi connectivity index (χ2n) is 4.73. The lowest BCUT2D eigenvalue weighted by molar-refractivity contribution is 0.497. The van der Waals surface area contributed by atoms with Crippen molar-refractivity contribution in [2.45, 2.75) is 26.3 Å². The van der Waals surface area contributed by atoms with Crippen LogP contribution in [-0.2, 0) is 0 Å². The zero-order valence-electron chi connectivity index (χ0n) is 11.7. The van der Waals surface area contributed by atoms with Crippen molar-refractivity contribution in [2.24, 2.45) is 0 Å². The number of rotatable bonds is 5. The SMILES string of the molecule is CCCNC(c1cccc(C)n1)c1c(F)cccc1F. The molecule has 0 aliphatic heterocycles. The number of hydrogen-bond acceptors (Lipinski definition) is 2. The molecule has 0 radical (unpaired) electrons. The van der Waals surface area contributed by atoms with Gasteiger partial charge in [0.15, 0.2) is 0 Å². The quantitative estimate of drug-likeness (QED) is 0.899. The lowest BCUT2D eigenvalue weighted by Crippen LogP contribution is -2.26. The fourth-order valence-electron chi connectivity index (χ4n) is 2.15. The Morgan fingerprint density at radius 3 is 2.35 bits per heavy atom. The highest BCUT2D eigenvalue weighted by molar-refractivity contribution is 5.31. The molecule has 0 amide bonds. The van der Waals surface area contributed by atoms with Crippen LogP contribution < -0.4 is 5.32 Å². The number of nitrogens with one attached hydrogen (secondary N) is 1. The van der Waals surface area contributed by atoms with E-state index >= 15 is 0 Å². The number of hydrogen-bond donors (Lipinski definition) is 1. The van der Waals surface area contributed by atoms with Gasteiger partial charge in [0, 0.05) is 11.3 Å². The molecular formula is C16H18F2N2. The van der Waals surface area contributed by atoms with E-state index in [0.717, 1.165) is 12.1 Å². The van der Waals surface area contributed by atoms with Crippen LogP contribution in [0.1, 0.15) is 36.3 Å². The van der Waals surface area contributed by atoms with E-state index in [4.69, 9.17) is 0 Å². The van der Waals surface area contributed by atoms with Crippen molar-refractivity contribution in [1.82, 2.24) is 10.3 Å². The predicted octanol–water partition coefficient (Wildman–Crippen LogP) is 3.76.